The van der Waals surface area contributed by atoms with Crippen LogP contribution < -0.4 is 10.1 Å². The number of hydrogen-bond donors (Lipinski definition) is 1. The fraction of sp³-hybridized carbons (Fsp3) is 0.333. The largest absolute Gasteiger partial charge is 0.474 e. The minimum atomic E-state index is -0.266. The number of aryl methyl sites for hydroxylation is 2. The van der Waals surface area contributed by atoms with Crippen LogP contribution >= 0.6 is 11.6 Å². The highest BCUT2D eigenvalue weighted by atomic mass is 35.5. The second-order valence-corrected chi connectivity index (χ2v) is 11.2. The second-order valence-electron chi connectivity index (χ2n) is 10.8. The molecular formula is C33H37ClN2O2. The number of nitrogens with one attached hydrogen (secondary N) is 1. The summed E-state index contributed by atoms with van der Waals surface area (Å²) in [5, 5.41) is 4.72. The van der Waals surface area contributed by atoms with Gasteiger partial charge in [0.25, 0.3) is 5.91 Å². The lowest BCUT2D eigenvalue weighted by Crippen LogP contribution is -2.20. The molecule has 0 aliphatic heterocycles. The first-order valence-corrected chi connectivity index (χ1v) is 13.7. The van der Waals surface area contributed by atoms with Crippen molar-refractivity contribution in [1.29, 1.82) is 0 Å². The Morgan fingerprint density at radius 1 is 0.868 bits per heavy atom. The third-order valence-corrected chi connectivity index (χ3v) is 7.23. The van der Waals surface area contributed by atoms with Crippen molar-refractivity contribution >= 4 is 34.1 Å². The van der Waals surface area contributed by atoms with Gasteiger partial charge in [-0.05, 0) is 80.0 Å². The number of fused-ring (bicyclic) bond motifs is 1. The number of anilines is 1. The number of pyridine rings is 1. The molecule has 1 amide bonds. The minimum Gasteiger partial charge on any atom is -0.474 e. The summed E-state index contributed by atoms with van der Waals surface area (Å²) in [6.07, 6.45) is -0.175. The lowest BCUT2D eigenvalue weighted by atomic mass is 9.91. The van der Waals surface area contributed by atoms with E-state index in [0.29, 0.717) is 16.5 Å². The van der Waals surface area contributed by atoms with Crippen LogP contribution in [-0.2, 0) is 0 Å². The number of carbonyl (C=O) groups is 1. The molecule has 0 aliphatic rings. The molecule has 5 heteroatoms. The first kappa shape index (κ1) is 27.7. The average molecular weight is 529 g/mol. The van der Waals surface area contributed by atoms with Gasteiger partial charge in [-0.15, -0.1) is 0 Å². The molecule has 1 N–H and O–H groups in total. The van der Waals surface area contributed by atoms with Gasteiger partial charge in [-0.2, -0.15) is 0 Å². The van der Waals surface area contributed by atoms with Gasteiger partial charge in [-0.1, -0.05) is 75.7 Å². The Morgan fingerprint density at radius 3 is 2.05 bits per heavy atom. The number of nitrogens with zero attached hydrogens (tertiary/aromatic N) is 1. The Kier molecular flexibility index (Phi) is 8.13. The highest BCUT2D eigenvalue weighted by Crippen LogP contribution is 2.41. The summed E-state index contributed by atoms with van der Waals surface area (Å²) in [5.74, 6) is 0.507. The summed E-state index contributed by atoms with van der Waals surface area (Å²) in [5.41, 5.74) is 7.92. The Labute approximate surface area is 231 Å². The van der Waals surface area contributed by atoms with Crippen molar-refractivity contribution in [3.8, 4) is 17.0 Å². The summed E-state index contributed by atoms with van der Waals surface area (Å²) >= 11 is 6.77. The SMILES string of the molecule is Cc1cc2nc(OC(C)C)c(C(=O)Nc3c(C(C)C)cccc3C(C)C)c(-c3ccccc3Cl)c2cc1C. The molecule has 4 nitrogen and oxygen atoms in total. The van der Waals surface area contributed by atoms with E-state index < -0.39 is 0 Å². The van der Waals surface area contributed by atoms with E-state index in [-0.39, 0.29) is 23.8 Å². The molecule has 0 atom stereocenters. The highest BCUT2D eigenvalue weighted by Gasteiger charge is 2.27. The third kappa shape index (κ3) is 5.42. The fourth-order valence-electron chi connectivity index (χ4n) is 4.83. The van der Waals surface area contributed by atoms with E-state index in [0.717, 1.165) is 50.0 Å². The van der Waals surface area contributed by atoms with Crippen molar-refractivity contribution in [3.63, 3.8) is 0 Å². The maximum atomic E-state index is 14.4. The average Bonchev–Trinajstić information content (AvgIpc) is 2.84. The maximum Gasteiger partial charge on any atom is 0.261 e. The Balaban J connectivity index is 2.06. The molecule has 3 aromatic carbocycles. The van der Waals surface area contributed by atoms with Gasteiger partial charge < -0.3 is 10.1 Å². The topological polar surface area (TPSA) is 51.2 Å². The molecule has 0 fully saturated rings. The molecule has 1 heterocycles. The number of hydrogen-bond acceptors (Lipinski definition) is 3. The van der Waals surface area contributed by atoms with E-state index >= 15 is 0 Å². The van der Waals surface area contributed by atoms with E-state index in [1.54, 1.807) is 0 Å². The zero-order valence-electron chi connectivity index (χ0n) is 23.6. The van der Waals surface area contributed by atoms with Gasteiger partial charge >= 0.3 is 0 Å². The summed E-state index contributed by atoms with van der Waals surface area (Å²) in [7, 11) is 0. The molecule has 0 radical (unpaired) electrons. The van der Waals surface area contributed by atoms with Gasteiger partial charge in [-0.3, -0.25) is 4.79 Å². The number of para-hydroxylation sites is 1. The Morgan fingerprint density at radius 2 is 1.47 bits per heavy atom. The van der Waals surface area contributed by atoms with Gasteiger partial charge in [0.15, 0.2) is 0 Å². The molecule has 1 aromatic heterocycles. The predicted octanol–water partition coefficient (Wildman–Crippen LogP) is 9.46. The summed E-state index contributed by atoms with van der Waals surface area (Å²) in [4.78, 5) is 19.3. The molecule has 0 saturated heterocycles. The van der Waals surface area contributed by atoms with Gasteiger partial charge in [0.2, 0.25) is 5.88 Å². The standard InChI is InChI=1S/C33H37ClN2O2/c1-18(2)23-13-11-14-24(19(3)4)31(23)36-32(37)30-29(25-12-9-10-15-27(25)34)26-16-21(7)22(8)17-28(26)35-33(30)38-20(5)6/h9-20H,1-8H3,(H,36,37). The lowest BCUT2D eigenvalue weighted by Gasteiger charge is -2.23. The molecule has 0 spiro atoms. The van der Waals surface area contributed by atoms with E-state index in [2.05, 4.69) is 71.1 Å². The first-order chi connectivity index (χ1) is 18.0. The van der Waals surface area contributed by atoms with Crippen LogP contribution in [0.25, 0.3) is 22.0 Å². The van der Waals surface area contributed by atoms with Crippen molar-refractivity contribution in [3.05, 3.63) is 87.4 Å². The molecule has 38 heavy (non-hydrogen) atoms. The number of rotatable bonds is 7. The monoisotopic (exact) mass is 528 g/mol. The van der Waals surface area contributed by atoms with Crippen LogP contribution in [0.1, 0.15) is 86.0 Å². The van der Waals surface area contributed by atoms with Crippen LogP contribution in [0.3, 0.4) is 0 Å². The second kappa shape index (κ2) is 11.2. The van der Waals surface area contributed by atoms with E-state index in [9.17, 15) is 4.79 Å². The van der Waals surface area contributed by atoms with Crippen molar-refractivity contribution in [2.75, 3.05) is 5.32 Å². The molecule has 0 aliphatic carbocycles. The Hall–Kier alpha value is -3.37. The lowest BCUT2D eigenvalue weighted by molar-refractivity contribution is 0.102. The molecule has 0 saturated carbocycles. The van der Waals surface area contributed by atoms with Crippen molar-refractivity contribution < 1.29 is 9.53 Å². The molecule has 198 valence electrons. The molecule has 0 unspecified atom stereocenters. The molecule has 0 bridgehead atoms. The van der Waals surface area contributed by atoms with E-state index in [4.69, 9.17) is 21.3 Å². The highest BCUT2D eigenvalue weighted by molar-refractivity contribution is 6.34. The first-order valence-electron chi connectivity index (χ1n) is 13.3. The van der Waals surface area contributed by atoms with Crippen molar-refractivity contribution in [2.24, 2.45) is 0 Å². The summed E-state index contributed by atoms with van der Waals surface area (Å²) in [6, 6.07) is 18.0. The summed E-state index contributed by atoms with van der Waals surface area (Å²) in [6.45, 7) is 16.6. The van der Waals surface area contributed by atoms with Crippen LogP contribution in [0.15, 0.2) is 54.6 Å². The normalized spacial score (nSPS) is 11.6. The van der Waals surface area contributed by atoms with E-state index in [1.807, 2.05) is 44.2 Å². The quantitative estimate of drug-likeness (QED) is 0.260. The van der Waals surface area contributed by atoms with E-state index in [1.165, 1.54) is 0 Å². The summed E-state index contributed by atoms with van der Waals surface area (Å²) < 4.78 is 6.22. The van der Waals surface area contributed by atoms with Crippen LogP contribution in [0.5, 0.6) is 5.88 Å². The van der Waals surface area contributed by atoms with Gasteiger partial charge in [0.1, 0.15) is 5.56 Å². The van der Waals surface area contributed by atoms with Gasteiger partial charge in [0.05, 0.1) is 11.6 Å². The van der Waals surface area contributed by atoms with Gasteiger partial charge in [0, 0.05) is 27.2 Å². The molecule has 4 rings (SSSR count). The number of benzene rings is 3. The Bertz CT molecular complexity index is 1480. The van der Waals surface area contributed by atoms with Crippen molar-refractivity contribution in [2.45, 2.75) is 73.3 Å². The minimum absolute atomic E-state index is 0.175. The molecule has 4 aromatic rings. The zero-order valence-corrected chi connectivity index (χ0v) is 24.3. The number of halogens is 1. The number of carbonyl (C=O) groups excluding carboxylic acids is 1. The number of ether oxygens (including phenoxy) is 1. The maximum absolute atomic E-state index is 14.4. The van der Waals surface area contributed by atoms with Crippen molar-refractivity contribution in [1.82, 2.24) is 4.98 Å². The third-order valence-electron chi connectivity index (χ3n) is 6.90. The molecular weight excluding hydrogens is 492 g/mol. The predicted molar refractivity (Wildman–Crippen MR) is 160 cm³/mol. The van der Waals surface area contributed by atoms with Crippen LogP contribution in [-0.4, -0.2) is 17.0 Å². The van der Waals surface area contributed by atoms with Crippen LogP contribution in [0.4, 0.5) is 5.69 Å². The van der Waals surface area contributed by atoms with Crippen LogP contribution in [0, 0.1) is 13.8 Å². The fourth-order valence-corrected chi connectivity index (χ4v) is 5.07. The number of amides is 1. The van der Waals surface area contributed by atoms with Crippen LogP contribution in [0.2, 0.25) is 5.02 Å². The smallest absolute Gasteiger partial charge is 0.261 e. The number of aromatic nitrogens is 1. The van der Waals surface area contributed by atoms with Gasteiger partial charge in [-0.25, -0.2) is 4.98 Å². The zero-order chi connectivity index (χ0) is 27.7.